The molecule has 2 N–H and O–H groups in total. The predicted molar refractivity (Wildman–Crippen MR) is 81.7 cm³/mol. The maximum atomic E-state index is 12.5. The van der Waals surface area contributed by atoms with E-state index < -0.39 is 0 Å². The Labute approximate surface area is 128 Å². The van der Waals surface area contributed by atoms with Crippen LogP contribution in [-0.4, -0.2) is 25.0 Å². The van der Waals surface area contributed by atoms with Gasteiger partial charge in [0.05, 0.1) is 0 Å². The first kappa shape index (κ1) is 14.6. The number of rotatable bonds is 3. The third-order valence-corrected chi connectivity index (χ3v) is 6.45. The van der Waals surface area contributed by atoms with Crippen LogP contribution in [0, 0.1) is 35.5 Å². The molecule has 1 heterocycles. The van der Waals surface area contributed by atoms with Crippen molar-refractivity contribution in [3.8, 4) is 0 Å². The van der Waals surface area contributed by atoms with E-state index in [1.165, 1.54) is 32.1 Å². The maximum Gasteiger partial charge on any atom is 0.223 e. The van der Waals surface area contributed by atoms with E-state index in [1.54, 1.807) is 0 Å². The van der Waals surface area contributed by atoms with E-state index in [4.69, 9.17) is 0 Å². The Morgan fingerprint density at radius 3 is 2.50 bits per heavy atom. The van der Waals surface area contributed by atoms with Crippen LogP contribution in [0.15, 0.2) is 0 Å². The summed E-state index contributed by atoms with van der Waals surface area (Å²) in [4.78, 5) is 12.5. The number of nitrogens with one attached hydrogen (secondary N) is 2. The van der Waals surface area contributed by atoms with E-state index in [0.29, 0.717) is 23.8 Å². The summed E-state index contributed by atoms with van der Waals surface area (Å²) in [6, 6.07) is 0.347. The Morgan fingerprint density at radius 2 is 1.90 bits per heavy atom. The SMILES string of the molecule is CC(NC(=O)C1C2C3CCC(C3)C12)C1CCCNC1.Cl. The zero-order valence-corrected chi connectivity index (χ0v) is 13.1. The minimum Gasteiger partial charge on any atom is -0.353 e. The zero-order valence-electron chi connectivity index (χ0n) is 12.3. The lowest BCUT2D eigenvalue weighted by atomic mass is 9.92. The molecular formula is C16H27ClN2O. The van der Waals surface area contributed by atoms with Crippen LogP contribution < -0.4 is 10.6 Å². The molecule has 4 aliphatic rings. The lowest BCUT2D eigenvalue weighted by Gasteiger charge is -2.29. The topological polar surface area (TPSA) is 41.1 Å². The third kappa shape index (κ3) is 2.27. The average molecular weight is 299 g/mol. The van der Waals surface area contributed by atoms with Gasteiger partial charge in [-0.25, -0.2) is 0 Å². The molecule has 3 saturated carbocycles. The van der Waals surface area contributed by atoms with E-state index >= 15 is 0 Å². The Bertz CT molecular complexity index is 367. The molecule has 0 aromatic carbocycles. The third-order valence-electron chi connectivity index (χ3n) is 6.45. The van der Waals surface area contributed by atoms with Gasteiger partial charge < -0.3 is 10.6 Å². The standard InChI is InChI=1S/C16H26N2O.ClH/c1-9(12-3-2-6-17-8-12)18-16(19)15-13-10-4-5-11(7-10)14(13)15;/h9-15,17H,2-8H2,1H3,(H,18,19);1H. The van der Waals surface area contributed by atoms with Crippen molar-refractivity contribution in [1.29, 1.82) is 0 Å². The molecule has 1 amide bonds. The average Bonchev–Trinajstić information content (AvgIpc) is 2.89. The predicted octanol–water partition coefficient (Wildman–Crippen LogP) is 2.20. The van der Waals surface area contributed by atoms with Gasteiger partial charge >= 0.3 is 0 Å². The normalized spacial score (nSPS) is 46.2. The molecule has 3 nitrogen and oxygen atoms in total. The number of piperidine rings is 1. The first-order valence-corrected chi connectivity index (χ1v) is 8.27. The molecule has 4 heteroatoms. The first-order valence-electron chi connectivity index (χ1n) is 8.27. The first-order chi connectivity index (χ1) is 9.25. The summed E-state index contributed by atoms with van der Waals surface area (Å²) in [6.07, 6.45) is 6.75. The van der Waals surface area contributed by atoms with Crippen LogP contribution >= 0.6 is 12.4 Å². The van der Waals surface area contributed by atoms with E-state index in [1.807, 2.05) is 0 Å². The molecule has 1 aliphatic heterocycles. The monoisotopic (exact) mass is 298 g/mol. The maximum absolute atomic E-state index is 12.5. The summed E-state index contributed by atoms with van der Waals surface area (Å²) in [5.41, 5.74) is 0. The molecule has 0 aromatic heterocycles. The second-order valence-corrected chi connectivity index (χ2v) is 7.42. The molecule has 114 valence electrons. The summed E-state index contributed by atoms with van der Waals surface area (Å²) in [5, 5.41) is 6.78. The second kappa shape index (κ2) is 5.49. The molecule has 3 aliphatic carbocycles. The van der Waals surface area contributed by atoms with E-state index in [-0.39, 0.29) is 12.4 Å². The van der Waals surface area contributed by atoms with Crippen LogP contribution in [0.5, 0.6) is 0 Å². The van der Waals surface area contributed by atoms with Crippen molar-refractivity contribution in [2.24, 2.45) is 35.5 Å². The van der Waals surface area contributed by atoms with Crippen molar-refractivity contribution in [2.45, 2.75) is 45.1 Å². The Morgan fingerprint density at radius 1 is 1.20 bits per heavy atom. The highest BCUT2D eigenvalue weighted by molar-refractivity contribution is 5.85. The minimum absolute atomic E-state index is 0. The summed E-state index contributed by atoms with van der Waals surface area (Å²) < 4.78 is 0. The highest BCUT2D eigenvalue weighted by atomic mass is 35.5. The molecule has 0 radical (unpaired) electrons. The highest BCUT2D eigenvalue weighted by Crippen LogP contribution is 2.69. The van der Waals surface area contributed by atoms with Crippen molar-refractivity contribution in [3.05, 3.63) is 0 Å². The minimum atomic E-state index is 0. The molecule has 0 spiro atoms. The van der Waals surface area contributed by atoms with Crippen LogP contribution in [0.1, 0.15) is 39.0 Å². The molecule has 0 aromatic rings. The number of hydrogen-bond donors (Lipinski definition) is 2. The highest BCUT2D eigenvalue weighted by Gasteiger charge is 2.67. The van der Waals surface area contributed by atoms with Gasteiger partial charge in [-0.15, -0.1) is 12.4 Å². The number of carbonyl (C=O) groups is 1. The Kier molecular flexibility index (Phi) is 4.02. The number of fused-ring (bicyclic) bond motifs is 5. The molecular weight excluding hydrogens is 272 g/mol. The van der Waals surface area contributed by atoms with Gasteiger partial charge in [0, 0.05) is 12.0 Å². The van der Waals surface area contributed by atoms with Crippen LogP contribution in [0.4, 0.5) is 0 Å². The van der Waals surface area contributed by atoms with E-state index in [2.05, 4.69) is 17.6 Å². The lowest BCUT2D eigenvalue weighted by molar-refractivity contribution is -0.124. The van der Waals surface area contributed by atoms with Gasteiger partial charge in [0.2, 0.25) is 5.91 Å². The van der Waals surface area contributed by atoms with Crippen LogP contribution in [0.3, 0.4) is 0 Å². The molecule has 2 bridgehead atoms. The van der Waals surface area contributed by atoms with Gasteiger partial charge in [0.15, 0.2) is 0 Å². The fourth-order valence-electron chi connectivity index (χ4n) is 5.42. The molecule has 4 fully saturated rings. The Hall–Kier alpha value is -0.280. The van der Waals surface area contributed by atoms with E-state index in [9.17, 15) is 4.79 Å². The van der Waals surface area contributed by atoms with Gasteiger partial charge in [-0.05, 0) is 81.7 Å². The van der Waals surface area contributed by atoms with Gasteiger partial charge in [0.1, 0.15) is 0 Å². The van der Waals surface area contributed by atoms with Crippen molar-refractivity contribution in [1.82, 2.24) is 10.6 Å². The van der Waals surface area contributed by atoms with Crippen LogP contribution in [-0.2, 0) is 4.79 Å². The summed E-state index contributed by atoms with van der Waals surface area (Å²) in [7, 11) is 0. The van der Waals surface area contributed by atoms with Gasteiger partial charge in [-0.1, -0.05) is 0 Å². The smallest absolute Gasteiger partial charge is 0.223 e. The van der Waals surface area contributed by atoms with Crippen molar-refractivity contribution in [2.75, 3.05) is 13.1 Å². The molecule has 6 unspecified atom stereocenters. The molecule has 20 heavy (non-hydrogen) atoms. The fourth-order valence-corrected chi connectivity index (χ4v) is 5.42. The summed E-state index contributed by atoms with van der Waals surface area (Å²) in [5.74, 6) is 4.75. The van der Waals surface area contributed by atoms with Crippen molar-refractivity contribution < 1.29 is 4.79 Å². The van der Waals surface area contributed by atoms with E-state index in [0.717, 1.165) is 36.8 Å². The van der Waals surface area contributed by atoms with Gasteiger partial charge in [0.25, 0.3) is 0 Å². The number of halogens is 1. The lowest BCUT2D eigenvalue weighted by Crippen LogP contribution is -2.45. The second-order valence-electron chi connectivity index (χ2n) is 7.42. The Balaban J connectivity index is 0.00000121. The van der Waals surface area contributed by atoms with Crippen molar-refractivity contribution in [3.63, 3.8) is 0 Å². The summed E-state index contributed by atoms with van der Waals surface area (Å²) in [6.45, 7) is 4.42. The number of hydrogen-bond acceptors (Lipinski definition) is 2. The molecule has 1 saturated heterocycles. The molecule has 6 atom stereocenters. The largest absolute Gasteiger partial charge is 0.353 e. The van der Waals surface area contributed by atoms with Crippen LogP contribution in [0.2, 0.25) is 0 Å². The zero-order chi connectivity index (χ0) is 13.0. The number of carbonyl (C=O) groups excluding carboxylic acids is 1. The summed E-state index contributed by atoms with van der Waals surface area (Å²) >= 11 is 0. The van der Waals surface area contributed by atoms with Gasteiger partial charge in [-0.2, -0.15) is 0 Å². The van der Waals surface area contributed by atoms with Gasteiger partial charge in [-0.3, -0.25) is 4.79 Å². The molecule has 4 rings (SSSR count). The number of amides is 1. The van der Waals surface area contributed by atoms with Crippen molar-refractivity contribution >= 4 is 18.3 Å². The van der Waals surface area contributed by atoms with Crippen LogP contribution in [0.25, 0.3) is 0 Å². The quantitative estimate of drug-likeness (QED) is 0.839. The fraction of sp³-hybridized carbons (Fsp3) is 0.938.